The molecule has 5 heteroatoms. The second kappa shape index (κ2) is 7.50. The summed E-state index contributed by atoms with van der Waals surface area (Å²) in [5.74, 6) is 2.24. The van der Waals surface area contributed by atoms with E-state index in [1.807, 2.05) is 66.0 Å². The summed E-state index contributed by atoms with van der Waals surface area (Å²) in [7, 11) is 0. The van der Waals surface area contributed by atoms with Gasteiger partial charge in [0.25, 0.3) is 5.91 Å². The molecule has 0 saturated carbocycles. The Hall–Kier alpha value is -1.98. The Bertz CT molecular complexity index is 902. The number of amides is 1. The number of rotatable bonds is 3. The van der Waals surface area contributed by atoms with Gasteiger partial charge in [0.2, 0.25) is 0 Å². The molecule has 4 rings (SSSR count). The van der Waals surface area contributed by atoms with Crippen LogP contribution in [-0.4, -0.2) is 22.4 Å². The molecule has 0 atom stereocenters. The summed E-state index contributed by atoms with van der Waals surface area (Å²) < 4.78 is 0.460. The van der Waals surface area contributed by atoms with Gasteiger partial charge in [-0.3, -0.25) is 9.78 Å². The first-order valence-electron chi connectivity index (χ1n) is 8.29. The van der Waals surface area contributed by atoms with Gasteiger partial charge in [0, 0.05) is 17.3 Å². The van der Waals surface area contributed by atoms with E-state index in [2.05, 4.69) is 22.4 Å². The van der Waals surface area contributed by atoms with E-state index < -0.39 is 0 Å². The Labute approximate surface area is 155 Å². The first-order valence-corrected chi connectivity index (χ1v) is 10.4. The SMILES string of the molecule is O=C(Nc1cccc(C2SCCCS2)c1)c1nccc2ccccc12. The van der Waals surface area contributed by atoms with Crippen molar-refractivity contribution in [3.8, 4) is 0 Å². The van der Waals surface area contributed by atoms with Crippen molar-refractivity contribution in [1.29, 1.82) is 0 Å². The van der Waals surface area contributed by atoms with Crippen molar-refractivity contribution >= 4 is 45.9 Å². The van der Waals surface area contributed by atoms with Gasteiger partial charge in [-0.05, 0) is 47.1 Å². The third kappa shape index (κ3) is 3.67. The maximum atomic E-state index is 12.7. The van der Waals surface area contributed by atoms with Crippen molar-refractivity contribution in [1.82, 2.24) is 4.98 Å². The molecule has 0 unspecified atom stereocenters. The summed E-state index contributed by atoms with van der Waals surface area (Å²) in [6.45, 7) is 0. The van der Waals surface area contributed by atoms with Crippen LogP contribution in [0, 0.1) is 0 Å². The van der Waals surface area contributed by atoms with E-state index in [-0.39, 0.29) is 5.91 Å². The van der Waals surface area contributed by atoms with E-state index in [1.54, 1.807) is 6.20 Å². The molecule has 0 radical (unpaired) electrons. The van der Waals surface area contributed by atoms with E-state index in [1.165, 1.54) is 23.5 Å². The number of anilines is 1. The molecule has 2 aromatic carbocycles. The van der Waals surface area contributed by atoms with Crippen LogP contribution in [0.5, 0.6) is 0 Å². The third-order valence-corrected chi connectivity index (χ3v) is 7.15. The first-order chi connectivity index (χ1) is 12.3. The maximum Gasteiger partial charge on any atom is 0.274 e. The van der Waals surface area contributed by atoms with Gasteiger partial charge in [-0.25, -0.2) is 0 Å². The Morgan fingerprint density at radius 1 is 1.04 bits per heavy atom. The number of carbonyl (C=O) groups is 1. The van der Waals surface area contributed by atoms with E-state index in [4.69, 9.17) is 0 Å². The summed E-state index contributed by atoms with van der Waals surface area (Å²) in [5, 5.41) is 4.90. The Morgan fingerprint density at radius 2 is 1.88 bits per heavy atom. The predicted octanol–water partition coefficient (Wildman–Crippen LogP) is 5.36. The van der Waals surface area contributed by atoms with E-state index >= 15 is 0 Å². The van der Waals surface area contributed by atoms with Crippen LogP contribution < -0.4 is 5.32 Å². The average Bonchev–Trinajstić information content (AvgIpc) is 2.68. The monoisotopic (exact) mass is 366 g/mol. The number of thioether (sulfide) groups is 2. The minimum atomic E-state index is -0.169. The number of hydrogen-bond donors (Lipinski definition) is 1. The molecule has 1 amide bonds. The molecule has 0 aliphatic carbocycles. The fraction of sp³-hybridized carbons (Fsp3) is 0.200. The standard InChI is InChI=1S/C20H18N2OS2/c23-19(18-17-8-2-1-5-14(17)9-10-21-18)22-16-7-3-6-15(13-16)20-24-11-4-12-25-20/h1-3,5-10,13,20H,4,11-12H2,(H,22,23). The lowest BCUT2D eigenvalue weighted by Crippen LogP contribution is -2.14. The van der Waals surface area contributed by atoms with Crippen molar-refractivity contribution in [2.45, 2.75) is 11.0 Å². The Balaban J connectivity index is 1.58. The highest BCUT2D eigenvalue weighted by molar-refractivity contribution is 8.16. The molecule has 1 N–H and O–H groups in total. The van der Waals surface area contributed by atoms with Crippen LogP contribution in [0.3, 0.4) is 0 Å². The highest BCUT2D eigenvalue weighted by Crippen LogP contribution is 2.44. The molecule has 0 spiro atoms. The Morgan fingerprint density at radius 3 is 2.76 bits per heavy atom. The molecular formula is C20H18N2OS2. The topological polar surface area (TPSA) is 42.0 Å². The average molecular weight is 367 g/mol. The summed E-state index contributed by atoms with van der Waals surface area (Å²) in [6.07, 6.45) is 2.96. The zero-order valence-electron chi connectivity index (χ0n) is 13.6. The number of nitrogens with zero attached hydrogens (tertiary/aromatic N) is 1. The summed E-state index contributed by atoms with van der Waals surface area (Å²) in [4.78, 5) is 17.0. The highest BCUT2D eigenvalue weighted by atomic mass is 32.2. The molecule has 126 valence electrons. The van der Waals surface area contributed by atoms with E-state index in [0.717, 1.165) is 16.5 Å². The molecule has 3 aromatic rings. The molecule has 1 fully saturated rings. The van der Waals surface area contributed by atoms with Gasteiger partial charge in [0.1, 0.15) is 5.69 Å². The number of nitrogens with one attached hydrogen (secondary N) is 1. The molecule has 1 aliphatic rings. The summed E-state index contributed by atoms with van der Waals surface area (Å²) >= 11 is 3.96. The smallest absolute Gasteiger partial charge is 0.274 e. The van der Waals surface area contributed by atoms with E-state index in [0.29, 0.717) is 10.3 Å². The van der Waals surface area contributed by atoms with Gasteiger partial charge in [-0.15, -0.1) is 23.5 Å². The normalized spacial score (nSPS) is 15.2. The molecular weight excluding hydrogens is 348 g/mol. The number of aromatic nitrogens is 1. The van der Waals surface area contributed by atoms with Crippen molar-refractivity contribution in [3.63, 3.8) is 0 Å². The fourth-order valence-corrected chi connectivity index (χ4v) is 5.81. The maximum absolute atomic E-state index is 12.7. The zero-order valence-corrected chi connectivity index (χ0v) is 15.3. The number of fused-ring (bicyclic) bond motifs is 1. The van der Waals surface area contributed by atoms with Crippen molar-refractivity contribution < 1.29 is 4.79 Å². The largest absolute Gasteiger partial charge is 0.321 e. The molecule has 2 heterocycles. The molecule has 0 bridgehead atoms. The van der Waals surface area contributed by atoms with E-state index in [9.17, 15) is 4.79 Å². The lowest BCUT2D eigenvalue weighted by Gasteiger charge is -2.21. The molecule has 1 aliphatic heterocycles. The molecule has 1 saturated heterocycles. The van der Waals surface area contributed by atoms with Crippen LogP contribution in [0.15, 0.2) is 60.8 Å². The lowest BCUT2D eigenvalue weighted by atomic mass is 10.1. The third-order valence-electron chi connectivity index (χ3n) is 4.13. The second-order valence-corrected chi connectivity index (χ2v) is 8.61. The minimum Gasteiger partial charge on any atom is -0.321 e. The van der Waals surface area contributed by atoms with Gasteiger partial charge in [0.15, 0.2) is 0 Å². The van der Waals surface area contributed by atoms with Crippen molar-refractivity contribution in [3.05, 3.63) is 72.1 Å². The number of pyridine rings is 1. The van der Waals surface area contributed by atoms with Gasteiger partial charge < -0.3 is 5.32 Å². The van der Waals surface area contributed by atoms with Gasteiger partial charge in [-0.2, -0.15) is 0 Å². The quantitative estimate of drug-likeness (QED) is 0.678. The van der Waals surface area contributed by atoms with Gasteiger partial charge >= 0.3 is 0 Å². The fourth-order valence-electron chi connectivity index (χ4n) is 2.93. The lowest BCUT2D eigenvalue weighted by molar-refractivity contribution is 0.102. The minimum absolute atomic E-state index is 0.169. The summed E-state index contributed by atoms with van der Waals surface area (Å²) in [5.41, 5.74) is 2.55. The van der Waals surface area contributed by atoms with Crippen LogP contribution in [0.1, 0.15) is 27.1 Å². The van der Waals surface area contributed by atoms with Crippen molar-refractivity contribution in [2.24, 2.45) is 0 Å². The second-order valence-electron chi connectivity index (χ2n) is 5.89. The first kappa shape index (κ1) is 16.5. The van der Waals surface area contributed by atoms with Crippen molar-refractivity contribution in [2.75, 3.05) is 16.8 Å². The summed E-state index contributed by atoms with van der Waals surface area (Å²) in [6, 6.07) is 17.9. The van der Waals surface area contributed by atoms with Gasteiger partial charge in [-0.1, -0.05) is 36.4 Å². The van der Waals surface area contributed by atoms with Crippen LogP contribution >= 0.6 is 23.5 Å². The molecule has 1 aromatic heterocycles. The number of hydrogen-bond acceptors (Lipinski definition) is 4. The number of benzene rings is 2. The zero-order chi connectivity index (χ0) is 17.1. The predicted molar refractivity (Wildman–Crippen MR) is 108 cm³/mol. The Kier molecular flexibility index (Phi) is 4.95. The van der Waals surface area contributed by atoms with Crippen LogP contribution in [0.4, 0.5) is 5.69 Å². The molecule has 25 heavy (non-hydrogen) atoms. The van der Waals surface area contributed by atoms with Crippen LogP contribution in [-0.2, 0) is 0 Å². The van der Waals surface area contributed by atoms with Gasteiger partial charge in [0.05, 0.1) is 4.58 Å². The van der Waals surface area contributed by atoms with Crippen LogP contribution in [0.25, 0.3) is 10.8 Å². The highest BCUT2D eigenvalue weighted by Gasteiger charge is 2.17. The number of carbonyl (C=O) groups excluding carboxylic acids is 1. The molecule has 3 nitrogen and oxygen atoms in total. The van der Waals surface area contributed by atoms with Crippen LogP contribution in [0.2, 0.25) is 0 Å².